The van der Waals surface area contributed by atoms with Crippen molar-refractivity contribution >= 4 is 17.8 Å². The Balaban J connectivity index is 0.0000116. The standard InChI is InChI=1S/C28H46N2O4.Na/c1-3-4-5-6-7-8-9-10-11-12-13-14-18-21-26(31)30-25(22-24-19-16-15-17-20-24)27(32)29-23(2)28(33)34;/h15-17,19-20,23,25H,3-14,18,21-22H2,1-2H3,(H,29,32)(H,30,31)(H,33,34);/q;+1/p-1. The molecule has 1 amide bonds. The zero-order chi connectivity index (χ0) is 25.0. The van der Waals surface area contributed by atoms with Gasteiger partial charge >= 0.3 is 35.5 Å². The minimum absolute atomic E-state index is 0. The summed E-state index contributed by atoms with van der Waals surface area (Å²) in [5.74, 6) is -1.94. The topological polar surface area (TPSA) is 102 Å². The third-order valence-electron chi connectivity index (χ3n) is 6.10. The maximum atomic E-state index is 12.6. The maximum Gasteiger partial charge on any atom is 1.00 e. The van der Waals surface area contributed by atoms with Crippen molar-refractivity contribution in [2.24, 2.45) is 4.99 Å². The molecule has 6 nitrogen and oxygen atoms in total. The zero-order valence-electron chi connectivity index (χ0n) is 22.3. The third kappa shape index (κ3) is 17.7. The van der Waals surface area contributed by atoms with E-state index in [1.165, 1.54) is 71.1 Å². The number of unbranched alkanes of at least 4 members (excludes halogenated alkanes) is 12. The largest absolute Gasteiger partial charge is 1.00 e. The summed E-state index contributed by atoms with van der Waals surface area (Å²) in [5.41, 5.74) is 0.878. The van der Waals surface area contributed by atoms with Gasteiger partial charge in [-0.15, -0.1) is 0 Å². The van der Waals surface area contributed by atoms with Crippen LogP contribution in [0.25, 0.3) is 0 Å². The van der Waals surface area contributed by atoms with Crippen molar-refractivity contribution in [2.45, 2.75) is 122 Å². The van der Waals surface area contributed by atoms with Crippen LogP contribution in [0.1, 0.15) is 109 Å². The minimum Gasteiger partial charge on any atom is -0.862 e. The number of carbonyl (C=O) groups is 2. The normalized spacial score (nSPS) is 13.0. The van der Waals surface area contributed by atoms with E-state index in [0.29, 0.717) is 6.42 Å². The van der Waals surface area contributed by atoms with Crippen LogP contribution in [0, 0.1) is 0 Å². The Morgan fingerprint density at radius 1 is 0.886 bits per heavy atom. The van der Waals surface area contributed by atoms with Crippen LogP contribution in [0.2, 0.25) is 0 Å². The van der Waals surface area contributed by atoms with Crippen molar-refractivity contribution in [1.82, 2.24) is 5.32 Å². The van der Waals surface area contributed by atoms with E-state index >= 15 is 0 Å². The number of carboxylic acid groups (broad SMARTS) is 1. The first-order valence-electron chi connectivity index (χ1n) is 13.2. The smallest absolute Gasteiger partial charge is 0.862 e. The number of hydrogen-bond donors (Lipinski definition) is 2. The van der Waals surface area contributed by atoms with Gasteiger partial charge in [-0.05, 0) is 31.2 Å². The molecule has 2 atom stereocenters. The molecule has 192 valence electrons. The monoisotopic (exact) mass is 496 g/mol. The minimum atomic E-state index is -1.12. The Morgan fingerprint density at radius 3 is 1.86 bits per heavy atom. The van der Waals surface area contributed by atoms with Gasteiger partial charge in [-0.1, -0.05) is 114 Å². The van der Waals surface area contributed by atoms with E-state index in [2.05, 4.69) is 17.2 Å². The molecule has 0 spiro atoms. The van der Waals surface area contributed by atoms with Gasteiger partial charge in [-0.3, -0.25) is 14.6 Å². The number of carboxylic acids is 1. The van der Waals surface area contributed by atoms with Crippen molar-refractivity contribution in [1.29, 1.82) is 0 Å². The third-order valence-corrected chi connectivity index (χ3v) is 6.10. The molecule has 2 N–H and O–H groups in total. The van der Waals surface area contributed by atoms with Crippen LogP contribution in [0.4, 0.5) is 0 Å². The molecular weight excluding hydrogens is 451 g/mol. The zero-order valence-corrected chi connectivity index (χ0v) is 24.3. The predicted molar refractivity (Wildman–Crippen MR) is 137 cm³/mol. The molecule has 1 rings (SSSR count). The summed E-state index contributed by atoms with van der Waals surface area (Å²) in [7, 11) is 0. The summed E-state index contributed by atoms with van der Waals surface area (Å²) in [6, 6.07) is 7.39. The molecule has 2 unspecified atom stereocenters. The molecule has 1 aromatic carbocycles. The van der Waals surface area contributed by atoms with E-state index in [1.54, 1.807) is 0 Å². The summed E-state index contributed by atoms with van der Waals surface area (Å²) < 4.78 is 0. The number of aliphatic carboxylic acids is 1. The molecule has 7 heteroatoms. The molecule has 1 aromatic rings. The number of hydrogen-bond acceptors (Lipinski definition) is 4. The number of nitrogens with zero attached hydrogens (tertiary/aromatic N) is 1. The molecule has 0 bridgehead atoms. The Labute approximate surface area is 234 Å². The van der Waals surface area contributed by atoms with Crippen LogP contribution >= 0.6 is 0 Å². The van der Waals surface area contributed by atoms with Gasteiger partial charge in [0.15, 0.2) is 0 Å². The Bertz CT molecular complexity index is 712. The SMILES string of the molecule is CCCCCCCCCCCCCCCC([O-])=NC(Cc1ccccc1)C(=O)NC(C)C(=O)O.[Na+]. The van der Waals surface area contributed by atoms with Crippen LogP contribution in [0.5, 0.6) is 0 Å². The van der Waals surface area contributed by atoms with Crippen molar-refractivity contribution in [2.75, 3.05) is 0 Å². The van der Waals surface area contributed by atoms with Crippen molar-refractivity contribution in [3.05, 3.63) is 35.9 Å². The number of aliphatic imine (C=N–C) groups is 1. The molecule has 0 saturated carbocycles. The van der Waals surface area contributed by atoms with Gasteiger partial charge in [0.25, 0.3) is 0 Å². The number of carbonyl (C=O) groups excluding carboxylic acids is 1. The van der Waals surface area contributed by atoms with Crippen LogP contribution < -0.4 is 40.0 Å². The summed E-state index contributed by atoms with van der Waals surface area (Å²) in [6.45, 7) is 3.65. The fraction of sp³-hybridized carbons (Fsp3) is 0.679. The van der Waals surface area contributed by atoms with Crippen LogP contribution in [0.3, 0.4) is 0 Å². The fourth-order valence-electron chi connectivity index (χ4n) is 3.94. The van der Waals surface area contributed by atoms with Crippen molar-refractivity contribution in [3.63, 3.8) is 0 Å². The quantitative estimate of drug-likeness (QED) is 0.125. The molecule has 0 aromatic heterocycles. The Kier molecular flexibility index (Phi) is 21.0. The molecule has 0 aliphatic carbocycles. The first-order valence-corrected chi connectivity index (χ1v) is 13.2. The Morgan fingerprint density at radius 2 is 1.37 bits per heavy atom. The second-order valence-corrected chi connectivity index (χ2v) is 9.29. The van der Waals surface area contributed by atoms with Crippen LogP contribution in [0.15, 0.2) is 35.3 Å². The van der Waals surface area contributed by atoms with Gasteiger partial charge in [0.1, 0.15) is 12.1 Å². The predicted octanol–water partition coefficient (Wildman–Crippen LogP) is 2.43. The van der Waals surface area contributed by atoms with Gasteiger partial charge < -0.3 is 15.5 Å². The van der Waals surface area contributed by atoms with E-state index in [0.717, 1.165) is 24.8 Å². The van der Waals surface area contributed by atoms with E-state index in [4.69, 9.17) is 5.11 Å². The first-order chi connectivity index (χ1) is 16.4. The number of nitrogens with one attached hydrogen (secondary N) is 1. The molecule has 0 heterocycles. The summed E-state index contributed by atoms with van der Waals surface area (Å²) in [4.78, 5) is 27.8. The van der Waals surface area contributed by atoms with Crippen LogP contribution in [-0.4, -0.2) is 35.0 Å². The van der Waals surface area contributed by atoms with Crippen molar-refractivity contribution < 1.29 is 49.4 Å². The summed E-state index contributed by atoms with van der Waals surface area (Å²) >= 11 is 0. The maximum absolute atomic E-state index is 12.6. The molecule has 0 radical (unpaired) electrons. The molecule has 35 heavy (non-hydrogen) atoms. The van der Waals surface area contributed by atoms with Gasteiger partial charge in [0, 0.05) is 6.42 Å². The summed E-state index contributed by atoms with van der Waals surface area (Å²) in [5, 5.41) is 23.9. The summed E-state index contributed by atoms with van der Waals surface area (Å²) in [6.07, 6.45) is 16.7. The van der Waals surface area contributed by atoms with E-state index in [1.807, 2.05) is 30.3 Å². The molecule has 0 fully saturated rings. The Hall–Kier alpha value is -1.37. The van der Waals surface area contributed by atoms with Crippen molar-refractivity contribution in [3.8, 4) is 0 Å². The number of amides is 1. The average Bonchev–Trinajstić information content (AvgIpc) is 2.82. The fourth-order valence-corrected chi connectivity index (χ4v) is 3.94. The average molecular weight is 497 g/mol. The van der Waals surface area contributed by atoms with Gasteiger partial charge in [-0.25, -0.2) is 0 Å². The van der Waals surface area contributed by atoms with E-state index in [-0.39, 0.29) is 41.9 Å². The molecule has 0 aliphatic heterocycles. The first kappa shape index (κ1) is 33.6. The number of benzene rings is 1. The molecular formula is C28H45N2NaO4. The van der Waals surface area contributed by atoms with E-state index < -0.39 is 24.0 Å². The second-order valence-electron chi connectivity index (χ2n) is 9.29. The number of rotatable bonds is 20. The molecule has 0 aliphatic rings. The van der Waals surface area contributed by atoms with Gasteiger partial charge in [-0.2, -0.15) is 0 Å². The van der Waals surface area contributed by atoms with Gasteiger partial charge in [0.05, 0.1) is 0 Å². The molecule has 0 saturated heterocycles. The van der Waals surface area contributed by atoms with Crippen LogP contribution in [-0.2, 0) is 16.0 Å². The van der Waals surface area contributed by atoms with Gasteiger partial charge in [0.2, 0.25) is 5.91 Å². The second kappa shape index (κ2) is 21.9. The van der Waals surface area contributed by atoms with E-state index in [9.17, 15) is 14.7 Å².